The molecule has 0 aliphatic heterocycles. The maximum absolute atomic E-state index is 11.3. The van der Waals surface area contributed by atoms with Crippen LogP contribution >= 0.6 is 0 Å². The largest absolute Gasteiger partial charge is 1.00 e. The van der Waals surface area contributed by atoms with Gasteiger partial charge in [0.2, 0.25) is 0 Å². The maximum Gasteiger partial charge on any atom is 1.00 e. The number of carboxylic acid groups (broad SMARTS) is 1. The Labute approximate surface area is 168 Å². The number of nitrogens with zero attached hydrogens (tertiary/aromatic N) is 3. The van der Waals surface area contributed by atoms with E-state index in [1.165, 1.54) is 6.07 Å². The Bertz CT molecular complexity index is 1010. The van der Waals surface area contributed by atoms with E-state index >= 15 is 0 Å². The number of rotatable bonds is 5. The summed E-state index contributed by atoms with van der Waals surface area (Å²) < 4.78 is 31.9. The summed E-state index contributed by atoms with van der Waals surface area (Å²) >= 11 is 0. The molecule has 3 N–H and O–H groups in total. The number of non-ortho nitro benzene ring substituents is 1. The van der Waals surface area contributed by atoms with Crippen LogP contribution in [0.3, 0.4) is 0 Å². The Balaban J connectivity index is 0.00000338. The van der Waals surface area contributed by atoms with Crippen LogP contribution < -0.4 is 29.6 Å². The molecule has 130 valence electrons. The second kappa shape index (κ2) is 8.33. The van der Waals surface area contributed by atoms with E-state index in [2.05, 4.69) is 10.2 Å². The molecular weight excluding hydrogens is 381 g/mol. The number of carbonyl (C=O) groups is 1. The molecule has 2 aromatic rings. The van der Waals surface area contributed by atoms with Crippen LogP contribution in [0, 0.1) is 10.1 Å². The van der Waals surface area contributed by atoms with E-state index < -0.39 is 48.6 Å². The Morgan fingerprint density at radius 3 is 2.31 bits per heavy atom. The quantitative estimate of drug-likeness (QED) is 0.204. The average Bonchev–Trinajstić information content (AvgIpc) is 2.52. The molecule has 0 aliphatic carbocycles. The van der Waals surface area contributed by atoms with Crippen molar-refractivity contribution in [3.63, 3.8) is 0 Å². The number of hydrogen-bond donors (Lipinski definition) is 3. The zero-order valence-electron chi connectivity index (χ0n) is 13.1. The molecule has 2 aromatic carbocycles. The molecule has 0 unspecified atom stereocenters. The third-order valence-electron chi connectivity index (χ3n) is 2.92. The van der Waals surface area contributed by atoms with Crippen molar-refractivity contribution < 1.29 is 62.5 Å². The van der Waals surface area contributed by atoms with E-state index in [1.807, 2.05) is 0 Å². The molecule has 0 bridgehead atoms. The Morgan fingerprint density at radius 2 is 1.77 bits per heavy atom. The maximum atomic E-state index is 11.3. The smallest absolute Gasteiger partial charge is 0.507 e. The molecule has 26 heavy (non-hydrogen) atoms. The summed E-state index contributed by atoms with van der Waals surface area (Å²) in [6, 6.07) is 5.79. The summed E-state index contributed by atoms with van der Waals surface area (Å²) in [5.41, 5.74) is -1.45. The van der Waals surface area contributed by atoms with Gasteiger partial charge in [0.15, 0.2) is 0 Å². The van der Waals surface area contributed by atoms with E-state index in [9.17, 15) is 28.4 Å². The van der Waals surface area contributed by atoms with Crippen molar-refractivity contribution in [2.24, 2.45) is 10.2 Å². The second-order valence-electron chi connectivity index (χ2n) is 4.59. The van der Waals surface area contributed by atoms with Crippen LogP contribution in [-0.2, 0) is 10.1 Å². The Morgan fingerprint density at radius 1 is 1.12 bits per heavy atom. The zero-order valence-corrected chi connectivity index (χ0v) is 15.9. The average molecular weight is 390 g/mol. The first-order valence-electron chi connectivity index (χ1n) is 6.33. The number of nitro benzene ring substituents is 1. The molecule has 2 rings (SSSR count). The van der Waals surface area contributed by atoms with E-state index in [1.54, 1.807) is 0 Å². The van der Waals surface area contributed by atoms with Gasteiger partial charge >= 0.3 is 35.5 Å². The van der Waals surface area contributed by atoms with E-state index in [-0.39, 0.29) is 35.2 Å². The zero-order chi connectivity index (χ0) is 18.8. The van der Waals surface area contributed by atoms with Gasteiger partial charge in [-0.15, -0.1) is 5.11 Å². The first-order chi connectivity index (χ1) is 11.6. The number of nitro groups is 1. The topological polar surface area (TPSA) is 180 Å². The summed E-state index contributed by atoms with van der Waals surface area (Å²) in [6.45, 7) is 0. The first-order valence-corrected chi connectivity index (χ1v) is 7.77. The van der Waals surface area contributed by atoms with Gasteiger partial charge < -0.3 is 10.2 Å². The monoisotopic (exact) mass is 390 g/mol. The molecule has 0 saturated carbocycles. The fourth-order valence-electron chi connectivity index (χ4n) is 1.77. The van der Waals surface area contributed by atoms with Gasteiger partial charge in [0.1, 0.15) is 21.9 Å². The van der Waals surface area contributed by atoms with Crippen LogP contribution in [0.4, 0.5) is 17.1 Å². The van der Waals surface area contributed by atoms with Crippen LogP contribution in [0.25, 0.3) is 0 Å². The number of aromatic hydroxyl groups is 1. The van der Waals surface area contributed by atoms with Crippen LogP contribution in [-0.4, -0.2) is 34.1 Å². The minimum atomic E-state index is -4.81. The van der Waals surface area contributed by atoms with Crippen molar-refractivity contribution in [3.8, 4) is 5.75 Å². The fraction of sp³-hybridized carbons (Fsp3) is 0. The normalized spacial score (nSPS) is 11.1. The summed E-state index contributed by atoms with van der Waals surface area (Å²) in [6.07, 6.45) is 0. The van der Waals surface area contributed by atoms with Gasteiger partial charge in [-0.05, 0) is 24.3 Å². The fourth-order valence-corrected chi connectivity index (χ4v) is 2.42. The molecule has 11 nitrogen and oxygen atoms in total. The molecule has 0 saturated heterocycles. The van der Waals surface area contributed by atoms with Gasteiger partial charge in [-0.1, -0.05) is 0 Å². The van der Waals surface area contributed by atoms with E-state index in [4.69, 9.17) is 9.66 Å². The molecular formula is C13H9N3NaO8S+. The Hall–Kier alpha value is -2.38. The predicted octanol–water partition coefficient (Wildman–Crippen LogP) is -0.335. The summed E-state index contributed by atoms with van der Waals surface area (Å²) in [5, 5.41) is 36.2. The summed E-state index contributed by atoms with van der Waals surface area (Å²) in [5.74, 6) is -1.91. The van der Waals surface area contributed by atoms with Crippen LogP contribution in [0.5, 0.6) is 5.75 Å². The van der Waals surface area contributed by atoms with Crippen molar-refractivity contribution >= 4 is 33.1 Å². The van der Waals surface area contributed by atoms with Gasteiger partial charge in [-0.3, -0.25) is 14.7 Å². The van der Waals surface area contributed by atoms with E-state index in [0.717, 1.165) is 24.3 Å². The molecule has 0 fully saturated rings. The van der Waals surface area contributed by atoms with Crippen molar-refractivity contribution in [3.05, 3.63) is 52.1 Å². The number of benzene rings is 2. The number of azo groups is 1. The summed E-state index contributed by atoms with van der Waals surface area (Å²) in [4.78, 5) is 19.9. The standard InChI is InChI=1S/C13H9N3O8S.Na/c17-11-4-1-7(5-9(11)13(18)19)14-15-10-3-2-8(16(20)21)6-12(10)25(22,23)24;/h1-6,17H,(H,18,19)(H,22,23,24);/q;+1. The molecule has 0 amide bonds. The number of carboxylic acids is 1. The van der Waals surface area contributed by atoms with Gasteiger partial charge in [-0.2, -0.15) is 13.5 Å². The van der Waals surface area contributed by atoms with Crippen molar-refractivity contribution in [1.82, 2.24) is 0 Å². The van der Waals surface area contributed by atoms with Crippen molar-refractivity contribution in [1.29, 1.82) is 0 Å². The van der Waals surface area contributed by atoms with Gasteiger partial charge in [0, 0.05) is 12.1 Å². The molecule has 0 heterocycles. The third-order valence-corrected chi connectivity index (χ3v) is 3.80. The molecule has 13 heteroatoms. The first kappa shape index (κ1) is 21.7. The van der Waals surface area contributed by atoms with Gasteiger partial charge in [-0.25, -0.2) is 4.79 Å². The molecule has 0 atom stereocenters. The van der Waals surface area contributed by atoms with Crippen LogP contribution in [0.15, 0.2) is 51.5 Å². The number of hydrogen-bond acceptors (Lipinski definition) is 8. The van der Waals surface area contributed by atoms with E-state index in [0.29, 0.717) is 6.07 Å². The van der Waals surface area contributed by atoms with Crippen LogP contribution in [0.1, 0.15) is 10.4 Å². The van der Waals surface area contributed by atoms with Crippen molar-refractivity contribution in [2.45, 2.75) is 4.90 Å². The summed E-state index contributed by atoms with van der Waals surface area (Å²) in [7, 11) is -4.81. The molecule has 0 spiro atoms. The predicted molar refractivity (Wildman–Crippen MR) is 82.2 cm³/mol. The van der Waals surface area contributed by atoms with Crippen LogP contribution in [0.2, 0.25) is 0 Å². The minimum Gasteiger partial charge on any atom is -0.507 e. The number of aromatic carboxylic acids is 1. The minimum absolute atomic E-state index is 0. The Kier molecular flexibility index (Phi) is 6.94. The third kappa shape index (κ3) is 5.06. The van der Waals surface area contributed by atoms with Gasteiger partial charge in [0.05, 0.1) is 10.6 Å². The SMILES string of the molecule is O=C(O)c1cc(N=Nc2ccc([N+](=O)[O-])cc2S(=O)(=O)O)ccc1O.[Na+]. The number of phenols is 1. The second-order valence-corrected chi connectivity index (χ2v) is 5.98. The molecule has 0 aromatic heterocycles. The van der Waals surface area contributed by atoms with Gasteiger partial charge in [0.25, 0.3) is 15.8 Å². The molecule has 0 aliphatic rings. The molecule has 0 radical (unpaired) electrons. The van der Waals surface area contributed by atoms with Crippen molar-refractivity contribution in [2.75, 3.05) is 0 Å².